The number of nitrogens with zero attached hydrogens (tertiary/aromatic N) is 4. The predicted molar refractivity (Wildman–Crippen MR) is 131 cm³/mol. The monoisotopic (exact) mass is 464 g/mol. The Balaban J connectivity index is 1.31. The lowest BCUT2D eigenvalue weighted by atomic mass is 9.71. The van der Waals surface area contributed by atoms with Gasteiger partial charge in [0.05, 0.1) is 0 Å². The van der Waals surface area contributed by atoms with Crippen LogP contribution >= 0.6 is 11.3 Å². The van der Waals surface area contributed by atoms with Crippen LogP contribution in [0.1, 0.15) is 72.7 Å². The highest BCUT2D eigenvalue weighted by atomic mass is 32.1. The van der Waals surface area contributed by atoms with E-state index in [1.54, 1.807) is 17.5 Å². The van der Waals surface area contributed by atoms with E-state index in [1.807, 2.05) is 23.3 Å². The first kappa shape index (κ1) is 22.1. The van der Waals surface area contributed by atoms with Crippen molar-refractivity contribution in [3.63, 3.8) is 0 Å². The first-order chi connectivity index (χ1) is 15.8. The van der Waals surface area contributed by atoms with E-state index in [0.29, 0.717) is 18.2 Å². The second kappa shape index (κ2) is 8.56. The van der Waals surface area contributed by atoms with Gasteiger partial charge in [-0.25, -0.2) is 4.98 Å². The maximum Gasteiger partial charge on any atom is 0.274 e. The molecule has 1 aliphatic carbocycles. The Labute approximate surface area is 199 Å². The zero-order valence-corrected chi connectivity index (χ0v) is 20.6. The van der Waals surface area contributed by atoms with Gasteiger partial charge in [-0.1, -0.05) is 20.8 Å². The molecule has 3 aromatic heterocycles. The summed E-state index contributed by atoms with van der Waals surface area (Å²) in [6.45, 7) is 10.3. The Morgan fingerprint density at radius 2 is 2.12 bits per heavy atom. The van der Waals surface area contributed by atoms with E-state index in [-0.39, 0.29) is 17.2 Å². The number of hydrogen-bond donors (Lipinski definition) is 2. The molecule has 1 amide bonds. The third-order valence-electron chi connectivity index (χ3n) is 7.12. The van der Waals surface area contributed by atoms with E-state index >= 15 is 0 Å². The summed E-state index contributed by atoms with van der Waals surface area (Å²) in [6, 6.07) is 4.13. The number of carbonyl (C=O) groups excluding carboxylic acids is 1. The van der Waals surface area contributed by atoms with Crippen molar-refractivity contribution >= 4 is 28.1 Å². The van der Waals surface area contributed by atoms with Crippen LogP contribution in [0.15, 0.2) is 23.7 Å². The fraction of sp³-hybridized carbons (Fsp3) is 0.520. The number of carbonyl (C=O) groups is 1. The van der Waals surface area contributed by atoms with Crippen LogP contribution in [0.3, 0.4) is 0 Å². The van der Waals surface area contributed by atoms with Crippen molar-refractivity contribution < 1.29 is 4.79 Å². The second-order valence-corrected chi connectivity index (χ2v) is 11.4. The van der Waals surface area contributed by atoms with Gasteiger partial charge in [0, 0.05) is 58.9 Å². The minimum atomic E-state index is 0.0540. The number of pyridine rings is 1. The van der Waals surface area contributed by atoms with Gasteiger partial charge in [0.15, 0.2) is 10.8 Å². The molecule has 0 radical (unpaired) electrons. The molecule has 0 aromatic carbocycles. The summed E-state index contributed by atoms with van der Waals surface area (Å²) in [5.41, 5.74) is 6.13. The Morgan fingerprint density at radius 1 is 1.27 bits per heavy atom. The molecule has 1 saturated heterocycles. The standard InChI is InChI=1S/C25H32N6OS/c1-15-11-18(28-24-26-8-10-33-24)13-21(27-15)16-7-9-31(14-16)23(32)22-19-12-17(25(2,3)4)5-6-20(19)29-30-22/h8,10-11,13,16-17H,5-7,9,12,14H2,1-4H3,(H,29,30)(H,26,27,28)/t16-,17-/m0/s1. The van der Waals surface area contributed by atoms with Crippen molar-refractivity contribution in [2.75, 3.05) is 18.4 Å². The highest BCUT2D eigenvalue weighted by Crippen LogP contribution is 2.38. The Morgan fingerprint density at radius 3 is 2.88 bits per heavy atom. The Hall–Kier alpha value is -2.74. The molecule has 5 rings (SSSR count). The highest BCUT2D eigenvalue weighted by Gasteiger charge is 2.36. The fourth-order valence-electron chi connectivity index (χ4n) is 5.13. The van der Waals surface area contributed by atoms with Crippen molar-refractivity contribution in [2.24, 2.45) is 11.3 Å². The van der Waals surface area contributed by atoms with Gasteiger partial charge in [-0.3, -0.25) is 14.9 Å². The molecule has 174 valence electrons. The SMILES string of the molecule is Cc1cc(Nc2nccs2)cc([C@H]2CCN(C(=O)c3n[nH]c4c3C[C@@H](C(C)(C)C)CC4)C2)n1. The number of H-pyrrole nitrogens is 1. The third kappa shape index (κ3) is 4.53. The predicted octanol–water partition coefficient (Wildman–Crippen LogP) is 5.09. The number of thiazole rings is 1. The summed E-state index contributed by atoms with van der Waals surface area (Å²) in [4.78, 5) is 24.5. The van der Waals surface area contributed by atoms with Gasteiger partial charge in [0.1, 0.15) is 0 Å². The van der Waals surface area contributed by atoms with Gasteiger partial charge in [-0.2, -0.15) is 5.10 Å². The number of rotatable bonds is 4. The average molecular weight is 465 g/mol. The molecule has 1 aliphatic heterocycles. The molecule has 33 heavy (non-hydrogen) atoms. The fourth-order valence-corrected chi connectivity index (χ4v) is 5.68. The molecule has 2 atom stereocenters. The van der Waals surface area contributed by atoms with Crippen molar-refractivity contribution in [3.8, 4) is 0 Å². The molecule has 4 heterocycles. The van der Waals surface area contributed by atoms with Crippen LogP contribution in [0, 0.1) is 18.3 Å². The maximum atomic E-state index is 13.5. The van der Waals surface area contributed by atoms with Crippen molar-refractivity contribution in [1.29, 1.82) is 0 Å². The van der Waals surface area contributed by atoms with Crippen molar-refractivity contribution in [1.82, 2.24) is 25.1 Å². The zero-order chi connectivity index (χ0) is 23.2. The maximum absolute atomic E-state index is 13.5. The van der Waals surface area contributed by atoms with Gasteiger partial charge in [0.25, 0.3) is 5.91 Å². The van der Waals surface area contributed by atoms with E-state index in [4.69, 9.17) is 4.98 Å². The minimum absolute atomic E-state index is 0.0540. The van der Waals surface area contributed by atoms with Crippen molar-refractivity contribution in [2.45, 2.75) is 59.3 Å². The number of nitrogens with one attached hydrogen (secondary N) is 2. The van der Waals surface area contributed by atoms with Crippen LogP contribution in [0.4, 0.5) is 10.8 Å². The number of aromatic nitrogens is 4. The molecule has 3 aromatic rings. The smallest absolute Gasteiger partial charge is 0.274 e. The van der Waals surface area contributed by atoms with Gasteiger partial charge in [0.2, 0.25) is 0 Å². The van der Waals surface area contributed by atoms with E-state index < -0.39 is 0 Å². The normalized spacial score (nSPS) is 20.7. The summed E-state index contributed by atoms with van der Waals surface area (Å²) in [5, 5.41) is 13.8. The molecule has 8 heteroatoms. The molecule has 0 bridgehead atoms. The molecule has 0 spiro atoms. The van der Waals surface area contributed by atoms with E-state index in [2.05, 4.69) is 47.3 Å². The van der Waals surface area contributed by atoms with Gasteiger partial charge in [-0.05, 0) is 56.1 Å². The van der Waals surface area contributed by atoms with Crippen molar-refractivity contribution in [3.05, 3.63) is 52.0 Å². The van der Waals surface area contributed by atoms with Crippen LogP contribution in [0.25, 0.3) is 0 Å². The highest BCUT2D eigenvalue weighted by molar-refractivity contribution is 7.13. The number of fused-ring (bicyclic) bond motifs is 1. The number of likely N-dealkylation sites (tertiary alicyclic amines) is 1. The summed E-state index contributed by atoms with van der Waals surface area (Å²) in [5.74, 6) is 0.849. The molecular weight excluding hydrogens is 432 g/mol. The summed E-state index contributed by atoms with van der Waals surface area (Å²) < 4.78 is 0. The molecule has 2 N–H and O–H groups in total. The Bertz CT molecular complexity index is 1150. The van der Waals surface area contributed by atoms with E-state index in [1.165, 1.54) is 0 Å². The zero-order valence-electron chi connectivity index (χ0n) is 19.8. The molecule has 0 unspecified atom stereocenters. The summed E-state index contributed by atoms with van der Waals surface area (Å²) in [6.07, 6.45) is 5.76. The third-order valence-corrected chi connectivity index (χ3v) is 7.81. The number of hydrogen-bond acceptors (Lipinski definition) is 6. The summed E-state index contributed by atoms with van der Waals surface area (Å²) >= 11 is 1.57. The van der Waals surface area contributed by atoms with Crippen LogP contribution in [0.5, 0.6) is 0 Å². The average Bonchev–Trinajstić information content (AvgIpc) is 3.52. The molecule has 1 fully saturated rings. The minimum Gasteiger partial charge on any atom is -0.337 e. The van der Waals surface area contributed by atoms with Crippen LogP contribution in [0.2, 0.25) is 0 Å². The molecular formula is C25H32N6OS. The lowest BCUT2D eigenvalue weighted by Gasteiger charge is -2.34. The van der Waals surface area contributed by atoms with Gasteiger partial charge in [-0.15, -0.1) is 11.3 Å². The van der Waals surface area contributed by atoms with Crippen LogP contribution in [-0.2, 0) is 12.8 Å². The lowest BCUT2D eigenvalue weighted by molar-refractivity contribution is 0.0782. The second-order valence-electron chi connectivity index (χ2n) is 10.5. The number of aryl methyl sites for hydroxylation is 2. The molecule has 0 saturated carbocycles. The number of amides is 1. The summed E-state index contributed by atoms with van der Waals surface area (Å²) in [7, 11) is 0. The quantitative estimate of drug-likeness (QED) is 0.561. The van der Waals surface area contributed by atoms with Crippen LogP contribution in [-0.4, -0.2) is 44.1 Å². The first-order valence-electron chi connectivity index (χ1n) is 11.8. The lowest BCUT2D eigenvalue weighted by Crippen LogP contribution is -2.31. The number of aromatic amines is 1. The molecule has 2 aliphatic rings. The van der Waals surface area contributed by atoms with E-state index in [0.717, 1.165) is 65.7 Å². The first-order valence-corrected chi connectivity index (χ1v) is 12.7. The topological polar surface area (TPSA) is 86.8 Å². The van der Waals surface area contributed by atoms with Gasteiger partial charge >= 0.3 is 0 Å². The largest absolute Gasteiger partial charge is 0.337 e. The van der Waals surface area contributed by atoms with Crippen LogP contribution < -0.4 is 5.32 Å². The van der Waals surface area contributed by atoms with Gasteiger partial charge < -0.3 is 10.2 Å². The molecule has 7 nitrogen and oxygen atoms in total. The number of anilines is 2. The van der Waals surface area contributed by atoms with E-state index in [9.17, 15) is 4.79 Å². The Kier molecular flexibility index (Phi) is 5.72.